The van der Waals surface area contributed by atoms with Gasteiger partial charge in [0.15, 0.2) is 0 Å². The molecule has 19 heavy (non-hydrogen) atoms. The molecule has 0 bridgehead atoms. The Balaban J connectivity index is 2.40. The zero-order valence-corrected chi connectivity index (χ0v) is 12.2. The Labute approximate surface area is 115 Å². The van der Waals surface area contributed by atoms with Gasteiger partial charge in [-0.3, -0.25) is 0 Å². The van der Waals surface area contributed by atoms with Crippen LogP contribution >= 0.6 is 0 Å². The van der Waals surface area contributed by atoms with Crippen LogP contribution in [0.25, 0.3) is 0 Å². The first-order valence-corrected chi connectivity index (χ1v) is 6.91. The van der Waals surface area contributed by atoms with E-state index in [1.54, 1.807) is 14.2 Å². The lowest BCUT2D eigenvalue weighted by atomic mass is 9.99. The first kappa shape index (κ1) is 14.0. The third-order valence-corrected chi connectivity index (χ3v) is 3.49. The van der Waals surface area contributed by atoms with Gasteiger partial charge in [0.05, 0.1) is 25.8 Å². The Kier molecular flexibility index (Phi) is 4.53. The monoisotopic (exact) mass is 265 g/mol. The first-order valence-electron chi connectivity index (χ1n) is 6.91. The van der Waals surface area contributed by atoms with Gasteiger partial charge in [-0.05, 0) is 13.0 Å². The molecule has 1 heterocycles. The van der Waals surface area contributed by atoms with Crippen molar-refractivity contribution in [1.29, 1.82) is 0 Å². The van der Waals surface area contributed by atoms with Gasteiger partial charge in [-0.2, -0.15) is 0 Å². The molecule has 0 saturated carbocycles. The summed E-state index contributed by atoms with van der Waals surface area (Å²) < 4.78 is 16.9. The summed E-state index contributed by atoms with van der Waals surface area (Å²) in [5.74, 6) is 2.47. The number of ether oxygens (including phenoxy) is 3. The van der Waals surface area contributed by atoms with Crippen molar-refractivity contribution in [3.05, 3.63) is 17.7 Å². The standard InChI is InChI=1S/C15H23NO3/c1-5-7-11-15(16-6-2)14-12(18-4)8-10(17-3)9-13(14)19-11/h8-9,11,15-16H,5-7H2,1-4H3. The summed E-state index contributed by atoms with van der Waals surface area (Å²) in [7, 11) is 3.34. The van der Waals surface area contributed by atoms with Gasteiger partial charge in [0.25, 0.3) is 0 Å². The summed E-state index contributed by atoms with van der Waals surface area (Å²) in [6.07, 6.45) is 2.29. The van der Waals surface area contributed by atoms with Crippen LogP contribution in [0.2, 0.25) is 0 Å². The molecule has 0 amide bonds. The van der Waals surface area contributed by atoms with E-state index >= 15 is 0 Å². The number of hydrogen-bond acceptors (Lipinski definition) is 4. The fourth-order valence-corrected chi connectivity index (χ4v) is 2.65. The van der Waals surface area contributed by atoms with Crippen LogP contribution in [0.15, 0.2) is 12.1 Å². The number of fused-ring (bicyclic) bond motifs is 1. The van der Waals surface area contributed by atoms with Gasteiger partial charge in [-0.1, -0.05) is 20.3 Å². The molecule has 0 radical (unpaired) electrons. The van der Waals surface area contributed by atoms with Gasteiger partial charge in [-0.15, -0.1) is 0 Å². The molecule has 4 heteroatoms. The summed E-state index contributed by atoms with van der Waals surface area (Å²) >= 11 is 0. The van der Waals surface area contributed by atoms with Crippen LogP contribution in [0.5, 0.6) is 17.2 Å². The van der Waals surface area contributed by atoms with E-state index in [-0.39, 0.29) is 12.1 Å². The average molecular weight is 265 g/mol. The topological polar surface area (TPSA) is 39.7 Å². The highest BCUT2D eigenvalue weighted by Gasteiger charge is 2.36. The van der Waals surface area contributed by atoms with Crippen molar-refractivity contribution >= 4 is 0 Å². The second-order valence-corrected chi connectivity index (χ2v) is 4.72. The molecule has 4 nitrogen and oxygen atoms in total. The molecule has 0 saturated heterocycles. The van der Waals surface area contributed by atoms with Crippen LogP contribution in [0.3, 0.4) is 0 Å². The van der Waals surface area contributed by atoms with Gasteiger partial charge >= 0.3 is 0 Å². The molecular weight excluding hydrogens is 242 g/mol. The van der Waals surface area contributed by atoms with Crippen molar-refractivity contribution in [2.24, 2.45) is 0 Å². The van der Waals surface area contributed by atoms with Crippen molar-refractivity contribution in [2.75, 3.05) is 20.8 Å². The van der Waals surface area contributed by atoms with E-state index in [0.717, 1.165) is 42.2 Å². The van der Waals surface area contributed by atoms with Gasteiger partial charge in [0, 0.05) is 12.1 Å². The van der Waals surface area contributed by atoms with E-state index in [1.165, 1.54) is 0 Å². The minimum absolute atomic E-state index is 0.168. The van der Waals surface area contributed by atoms with Crippen molar-refractivity contribution < 1.29 is 14.2 Å². The quantitative estimate of drug-likeness (QED) is 0.858. The number of likely N-dealkylation sites (N-methyl/N-ethyl adjacent to an activating group) is 1. The summed E-state index contributed by atoms with van der Waals surface area (Å²) in [5.41, 5.74) is 1.11. The molecule has 0 aromatic heterocycles. The lowest BCUT2D eigenvalue weighted by molar-refractivity contribution is 0.178. The summed E-state index contributed by atoms with van der Waals surface area (Å²) in [6.45, 7) is 5.19. The molecule has 1 aromatic rings. The van der Waals surface area contributed by atoms with E-state index < -0.39 is 0 Å². The molecule has 2 atom stereocenters. The van der Waals surface area contributed by atoms with Crippen molar-refractivity contribution in [1.82, 2.24) is 5.32 Å². The third kappa shape index (κ3) is 2.63. The molecular formula is C15H23NO3. The van der Waals surface area contributed by atoms with E-state index in [1.807, 2.05) is 12.1 Å². The SMILES string of the molecule is CCCC1Oc2cc(OC)cc(OC)c2C1NCC. The van der Waals surface area contributed by atoms with Crippen LogP contribution in [0, 0.1) is 0 Å². The lowest BCUT2D eigenvalue weighted by Crippen LogP contribution is -2.30. The second kappa shape index (κ2) is 6.15. The Morgan fingerprint density at radius 2 is 2.00 bits per heavy atom. The summed E-state index contributed by atoms with van der Waals surface area (Å²) in [5, 5.41) is 3.50. The molecule has 0 fully saturated rings. The molecule has 0 aliphatic carbocycles. The second-order valence-electron chi connectivity index (χ2n) is 4.72. The number of benzene rings is 1. The van der Waals surface area contributed by atoms with E-state index in [2.05, 4.69) is 19.2 Å². The minimum atomic E-state index is 0.168. The van der Waals surface area contributed by atoms with Gasteiger partial charge in [0.1, 0.15) is 23.4 Å². The average Bonchev–Trinajstić information content (AvgIpc) is 2.76. The molecule has 106 valence electrons. The normalized spacial score (nSPS) is 20.8. The number of methoxy groups -OCH3 is 2. The zero-order valence-electron chi connectivity index (χ0n) is 12.2. The van der Waals surface area contributed by atoms with Crippen LogP contribution in [0.4, 0.5) is 0 Å². The predicted octanol–water partition coefficient (Wildman–Crippen LogP) is 2.92. The number of nitrogens with one attached hydrogen (secondary N) is 1. The maximum atomic E-state index is 6.08. The Bertz CT molecular complexity index is 434. The molecule has 2 rings (SSSR count). The molecule has 1 aromatic carbocycles. The molecule has 2 unspecified atom stereocenters. The van der Waals surface area contributed by atoms with Gasteiger partial charge in [-0.25, -0.2) is 0 Å². The molecule has 1 N–H and O–H groups in total. The number of rotatable bonds is 6. The number of hydrogen-bond donors (Lipinski definition) is 1. The fraction of sp³-hybridized carbons (Fsp3) is 0.600. The largest absolute Gasteiger partial charge is 0.496 e. The van der Waals surface area contributed by atoms with E-state index in [0.29, 0.717) is 0 Å². The summed E-state index contributed by atoms with van der Waals surface area (Å²) in [6, 6.07) is 4.06. The van der Waals surface area contributed by atoms with Gasteiger partial charge < -0.3 is 19.5 Å². The van der Waals surface area contributed by atoms with Gasteiger partial charge in [0.2, 0.25) is 0 Å². The Morgan fingerprint density at radius 3 is 2.58 bits per heavy atom. The maximum absolute atomic E-state index is 6.08. The highest BCUT2D eigenvalue weighted by Crippen LogP contribution is 2.46. The highest BCUT2D eigenvalue weighted by atomic mass is 16.5. The third-order valence-electron chi connectivity index (χ3n) is 3.49. The molecule has 1 aliphatic heterocycles. The van der Waals surface area contributed by atoms with Crippen LogP contribution in [-0.4, -0.2) is 26.9 Å². The van der Waals surface area contributed by atoms with Crippen LogP contribution in [-0.2, 0) is 0 Å². The van der Waals surface area contributed by atoms with Crippen molar-refractivity contribution in [2.45, 2.75) is 38.8 Å². The van der Waals surface area contributed by atoms with E-state index in [4.69, 9.17) is 14.2 Å². The predicted molar refractivity (Wildman–Crippen MR) is 75.3 cm³/mol. The molecule has 0 spiro atoms. The van der Waals surface area contributed by atoms with Crippen LogP contribution < -0.4 is 19.5 Å². The Hall–Kier alpha value is -1.42. The maximum Gasteiger partial charge on any atom is 0.132 e. The Morgan fingerprint density at radius 1 is 1.21 bits per heavy atom. The smallest absolute Gasteiger partial charge is 0.132 e. The fourth-order valence-electron chi connectivity index (χ4n) is 2.65. The summed E-state index contributed by atoms with van der Waals surface area (Å²) in [4.78, 5) is 0. The van der Waals surface area contributed by atoms with E-state index in [9.17, 15) is 0 Å². The lowest BCUT2D eigenvalue weighted by Gasteiger charge is -2.20. The zero-order chi connectivity index (χ0) is 13.8. The highest BCUT2D eigenvalue weighted by molar-refractivity contribution is 5.55. The first-order chi connectivity index (χ1) is 9.24. The molecule has 1 aliphatic rings. The van der Waals surface area contributed by atoms with Crippen LogP contribution in [0.1, 0.15) is 38.3 Å². The van der Waals surface area contributed by atoms with Crippen molar-refractivity contribution in [3.63, 3.8) is 0 Å². The minimum Gasteiger partial charge on any atom is -0.496 e. The van der Waals surface area contributed by atoms with Crippen molar-refractivity contribution in [3.8, 4) is 17.2 Å².